The molecule has 4 atom stereocenters. The molecule has 2 amide bonds. The van der Waals surface area contributed by atoms with E-state index in [-0.39, 0.29) is 12.1 Å². The van der Waals surface area contributed by atoms with Crippen LogP contribution in [0, 0.1) is 22.0 Å². The normalized spacial score (nSPS) is 24.7. The molecule has 3 aromatic carbocycles. The Morgan fingerprint density at radius 2 is 1.54 bits per heavy atom. The molecule has 9 nitrogen and oxygen atoms in total. The van der Waals surface area contributed by atoms with Crippen molar-refractivity contribution in [3.8, 4) is 0 Å². The maximum Gasteiger partial charge on any atom is 0.325 e. The molecule has 4 unspecified atom stereocenters. The Bertz CT molecular complexity index is 1400. The zero-order valence-electron chi connectivity index (χ0n) is 19.5. The fraction of sp³-hybridized carbons (Fsp3) is 0.179. The fourth-order valence-electron chi connectivity index (χ4n) is 5.28. The molecule has 2 aliphatic heterocycles. The zero-order valence-corrected chi connectivity index (χ0v) is 19.5. The van der Waals surface area contributed by atoms with Gasteiger partial charge in [0.05, 0.1) is 16.8 Å². The van der Waals surface area contributed by atoms with Gasteiger partial charge in [-0.15, -0.1) is 0 Å². The Balaban J connectivity index is 1.46. The summed E-state index contributed by atoms with van der Waals surface area (Å²) in [7, 11) is 0. The lowest BCUT2D eigenvalue weighted by Gasteiger charge is -2.30. The summed E-state index contributed by atoms with van der Waals surface area (Å²) in [6.07, 6.45) is 3.80. The average Bonchev–Trinajstić information content (AvgIpc) is 3.40. The number of carbonyl (C=O) groups is 3. The van der Waals surface area contributed by atoms with Gasteiger partial charge >= 0.3 is 5.97 Å². The monoisotopic (exact) mass is 497 g/mol. The maximum absolute atomic E-state index is 12.8. The molecule has 9 heteroatoms. The molecule has 0 saturated carbocycles. The average molecular weight is 498 g/mol. The van der Waals surface area contributed by atoms with Gasteiger partial charge in [0.1, 0.15) is 5.54 Å². The molecular weight excluding hydrogens is 474 g/mol. The van der Waals surface area contributed by atoms with Crippen LogP contribution in [0.25, 0.3) is 12.2 Å². The molecule has 3 N–H and O–H groups in total. The number of nitrogens with zero attached hydrogens (tertiary/aromatic N) is 1. The van der Waals surface area contributed by atoms with E-state index in [1.807, 2.05) is 66.7 Å². The number of nitro groups is 1. The molecule has 186 valence electrons. The van der Waals surface area contributed by atoms with Gasteiger partial charge in [0, 0.05) is 24.6 Å². The SMILES string of the molecule is O=C1NC(=O)C2C1C(c1ccc(C=Cc3ccccc3)cc1)NC2(Cc1ccc([N+](=O)[O-])cc1)C(=O)O. The number of amides is 2. The molecule has 2 aliphatic rings. The van der Waals surface area contributed by atoms with Crippen molar-refractivity contribution in [1.29, 1.82) is 0 Å². The highest BCUT2D eigenvalue weighted by Gasteiger charge is 2.66. The lowest BCUT2D eigenvalue weighted by Crippen LogP contribution is -2.57. The van der Waals surface area contributed by atoms with Gasteiger partial charge in [-0.2, -0.15) is 0 Å². The van der Waals surface area contributed by atoms with E-state index in [9.17, 15) is 29.6 Å². The number of rotatable bonds is 7. The summed E-state index contributed by atoms with van der Waals surface area (Å²) in [5.74, 6) is -4.48. The first-order chi connectivity index (χ1) is 17.8. The predicted octanol–water partition coefficient (Wildman–Crippen LogP) is 3.36. The smallest absolute Gasteiger partial charge is 0.325 e. The summed E-state index contributed by atoms with van der Waals surface area (Å²) in [5, 5.41) is 26.8. The summed E-state index contributed by atoms with van der Waals surface area (Å²) in [4.78, 5) is 48.8. The molecule has 5 rings (SSSR count). The van der Waals surface area contributed by atoms with E-state index in [0.29, 0.717) is 11.1 Å². The van der Waals surface area contributed by atoms with E-state index >= 15 is 0 Å². The van der Waals surface area contributed by atoms with Crippen LogP contribution < -0.4 is 10.6 Å². The van der Waals surface area contributed by atoms with E-state index in [1.165, 1.54) is 24.3 Å². The predicted molar refractivity (Wildman–Crippen MR) is 135 cm³/mol. The number of hydrogen-bond donors (Lipinski definition) is 3. The van der Waals surface area contributed by atoms with Crippen LogP contribution in [0.1, 0.15) is 28.3 Å². The first kappa shape index (κ1) is 24.1. The van der Waals surface area contributed by atoms with Gasteiger partial charge in [0.25, 0.3) is 5.69 Å². The van der Waals surface area contributed by atoms with Gasteiger partial charge in [0.15, 0.2) is 0 Å². The number of benzene rings is 3. The highest BCUT2D eigenvalue weighted by molar-refractivity contribution is 6.09. The number of nitro benzene ring substituents is 1. The second-order valence-corrected chi connectivity index (χ2v) is 9.27. The number of hydrogen-bond acceptors (Lipinski definition) is 6. The van der Waals surface area contributed by atoms with Crippen molar-refractivity contribution < 1.29 is 24.4 Å². The number of carbonyl (C=O) groups excluding carboxylic acids is 2. The molecule has 3 aromatic rings. The minimum absolute atomic E-state index is 0.126. The van der Waals surface area contributed by atoms with E-state index in [1.54, 1.807) is 0 Å². The standard InChI is InChI=1S/C28H23N3O6/c32-25-22-23(26(33)29-25)28(27(34)35,16-19-10-14-21(15-11-19)31(36)37)30-24(22)20-12-8-18(9-13-20)7-6-17-4-2-1-3-5-17/h1-15,22-24,30H,16H2,(H,34,35)(H,29,32,33). The van der Waals surface area contributed by atoms with Crippen LogP contribution in [0.15, 0.2) is 78.9 Å². The van der Waals surface area contributed by atoms with Gasteiger partial charge in [-0.05, 0) is 22.3 Å². The molecule has 2 heterocycles. The zero-order chi connectivity index (χ0) is 26.2. The molecule has 0 bridgehead atoms. The van der Waals surface area contributed by atoms with E-state index in [0.717, 1.165) is 11.1 Å². The Hall–Kier alpha value is -4.63. The number of imide groups is 1. The van der Waals surface area contributed by atoms with Crippen LogP contribution in [0.2, 0.25) is 0 Å². The number of carboxylic acid groups (broad SMARTS) is 1. The van der Waals surface area contributed by atoms with Crippen LogP contribution in [0.3, 0.4) is 0 Å². The van der Waals surface area contributed by atoms with Crippen molar-refractivity contribution in [2.24, 2.45) is 11.8 Å². The van der Waals surface area contributed by atoms with Crippen LogP contribution in [-0.4, -0.2) is 33.4 Å². The molecule has 0 spiro atoms. The number of carboxylic acids is 1. The third-order valence-electron chi connectivity index (χ3n) is 7.07. The molecule has 2 saturated heterocycles. The summed E-state index contributed by atoms with van der Waals surface area (Å²) in [5.41, 5.74) is 1.25. The van der Waals surface area contributed by atoms with Crippen molar-refractivity contribution >= 4 is 35.6 Å². The van der Waals surface area contributed by atoms with Crippen molar-refractivity contribution in [3.05, 3.63) is 111 Å². The van der Waals surface area contributed by atoms with Crippen molar-refractivity contribution in [3.63, 3.8) is 0 Å². The Labute approximate surface area is 212 Å². The molecule has 0 radical (unpaired) electrons. The summed E-state index contributed by atoms with van der Waals surface area (Å²) >= 11 is 0. The van der Waals surface area contributed by atoms with Gasteiger partial charge < -0.3 is 5.11 Å². The van der Waals surface area contributed by atoms with Crippen molar-refractivity contribution in [2.45, 2.75) is 18.0 Å². The van der Waals surface area contributed by atoms with Gasteiger partial charge in [-0.1, -0.05) is 78.9 Å². The Morgan fingerprint density at radius 1 is 0.919 bits per heavy atom. The second kappa shape index (κ2) is 9.44. The first-order valence-electron chi connectivity index (χ1n) is 11.7. The number of aliphatic carboxylic acids is 1. The molecule has 0 aromatic heterocycles. The largest absolute Gasteiger partial charge is 0.480 e. The lowest BCUT2D eigenvalue weighted by molar-refractivity contribution is -0.384. The number of non-ortho nitro benzene ring substituents is 1. The van der Waals surface area contributed by atoms with Gasteiger partial charge in [-0.3, -0.25) is 35.1 Å². The highest BCUT2D eigenvalue weighted by atomic mass is 16.6. The minimum atomic E-state index is -1.77. The second-order valence-electron chi connectivity index (χ2n) is 9.27. The number of fused-ring (bicyclic) bond motifs is 1. The van der Waals surface area contributed by atoms with Crippen LogP contribution >= 0.6 is 0 Å². The van der Waals surface area contributed by atoms with Gasteiger partial charge in [0.2, 0.25) is 11.8 Å². The Kier molecular flexibility index (Phi) is 6.14. The highest BCUT2D eigenvalue weighted by Crippen LogP contribution is 2.47. The van der Waals surface area contributed by atoms with Crippen molar-refractivity contribution in [1.82, 2.24) is 10.6 Å². The summed E-state index contributed by atoms with van der Waals surface area (Å²) in [6.45, 7) is 0. The van der Waals surface area contributed by atoms with Crippen LogP contribution in [0.5, 0.6) is 0 Å². The van der Waals surface area contributed by atoms with Crippen molar-refractivity contribution in [2.75, 3.05) is 0 Å². The summed E-state index contributed by atoms with van der Waals surface area (Å²) in [6, 6.07) is 22.0. The van der Waals surface area contributed by atoms with E-state index in [4.69, 9.17) is 0 Å². The van der Waals surface area contributed by atoms with Crippen LogP contribution in [0.4, 0.5) is 5.69 Å². The lowest BCUT2D eigenvalue weighted by atomic mass is 9.76. The third-order valence-corrected chi connectivity index (χ3v) is 7.07. The summed E-state index contributed by atoms with van der Waals surface area (Å²) < 4.78 is 0. The van der Waals surface area contributed by atoms with Crippen LogP contribution in [-0.2, 0) is 20.8 Å². The quantitative estimate of drug-likeness (QED) is 0.197. The molecule has 0 aliphatic carbocycles. The minimum Gasteiger partial charge on any atom is -0.480 e. The van der Waals surface area contributed by atoms with E-state index < -0.39 is 46.1 Å². The molecule has 37 heavy (non-hydrogen) atoms. The fourth-order valence-corrected chi connectivity index (χ4v) is 5.28. The maximum atomic E-state index is 12.8. The molecule has 2 fully saturated rings. The third kappa shape index (κ3) is 4.41. The van der Waals surface area contributed by atoms with Gasteiger partial charge in [-0.25, -0.2) is 0 Å². The molecular formula is C28H23N3O6. The number of nitrogens with one attached hydrogen (secondary N) is 2. The van der Waals surface area contributed by atoms with E-state index in [2.05, 4.69) is 10.6 Å². The Morgan fingerprint density at radius 3 is 2.14 bits per heavy atom. The first-order valence-corrected chi connectivity index (χ1v) is 11.7. The topological polar surface area (TPSA) is 139 Å².